The molecule has 2 N–H and O–H groups in total. The summed E-state index contributed by atoms with van der Waals surface area (Å²) in [4.78, 5) is 8.73. The second-order valence-corrected chi connectivity index (χ2v) is 5.53. The van der Waals surface area contributed by atoms with Crippen molar-refractivity contribution in [2.75, 3.05) is 5.32 Å². The summed E-state index contributed by atoms with van der Waals surface area (Å²) in [6.45, 7) is 2.53. The summed E-state index contributed by atoms with van der Waals surface area (Å²) < 4.78 is 0.975. The van der Waals surface area contributed by atoms with Crippen molar-refractivity contribution in [1.82, 2.24) is 20.2 Å². The lowest BCUT2D eigenvalue weighted by Gasteiger charge is -2.09. The number of aromatic amines is 1. The largest absolute Gasteiger partial charge is 0.379 e. The van der Waals surface area contributed by atoms with Gasteiger partial charge in [-0.1, -0.05) is 12.1 Å². The zero-order chi connectivity index (χ0) is 14.7. The van der Waals surface area contributed by atoms with Crippen molar-refractivity contribution in [3.8, 4) is 11.4 Å². The molecule has 0 radical (unpaired) electrons. The Morgan fingerprint density at radius 1 is 1.19 bits per heavy atom. The molecule has 0 atom stereocenters. The fourth-order valence-electron chi connectivity index (χ4n) is 1.99. The van der Waals surface area contributed by atoms with E-state index >= 15 is 0 Å². The van der Waals surface area contributed by atoms with Crippen LogP contribution in [0.25, 0.3) is 11.4 Å². The smallest absolute Gasteiger partial charge is 0.183 e. The highest BCUT2D eigenvalue weighted by Crippen LogP contribution is 2.25. The van der Waals surface area contributed by atoms with Crippen molar-refractivity contribution in [3.63, 3.8) is 0 Å². The Morgan fingerprint density at radius 2 is 2.05 bits per heavy atom. The zero-order valence-electron chi connectivity index (χ0n) is 11.5. The van der Waals surface area contributed by atoms with Crippen molar-refractivity contribution < 1.29 is 0 Å². The van der Waals surface area contributed by atoms with Crippen LogP contribution in [-0.4, -0.2) is 20.2 Å². The maximum atomic E-state index is 4.38. The number of hydrogen-bond acceptors (Lipinski definition) is 4. The Hall–Kier alpha value is -2.21. The van der Waals surface area contributed by atoms with E-state index in [1.807, 2.05) is 43.3 Å². The van der Waals surface area contributed by atoms with Gasteiger partial charge in [0.25, 0.3) is 0 Å². The Bertz CT molecular complexity index is 736. The van der Waals surface area contributed by atoms with Gasteiger partial charge in [-0.2, -0.15) is 5.10 Å². The summed E-state index contributed by atoms with van der Waals surface area (Å²) in [6.07, 6.45) is 1.79. The van der Waals surface area contributed by atoms with Gasteiger partial charge in [-0.3, -0.25) is 10.1 Å². The van der Waals surface area contributed by atoms with Crippen molar-refractivity contribution >= 4 is 21.6 Å². The van der Waals surface area contributed by atoms with Gasteiger partial charge in [0.05, 0.1) is 12.2 Å². The minimum absolute atomic E-state index is 0.647. The van der Waals surface area contributed by atoms with Crippen LogP contribution in [0.4, 0.5) is 5.69 Å². The zero-order valence-corrected chi connectivity index (χ0v) is 13.1. The number of nitrogens with zero attached hydrogens (tertiary/aromatic N) is 3. The Morgan fingerprint density at radius 3 is 2.76 bits per heavy atom. The molecule has 2 aromatic heterocycles. The number of halogens is 1. The first-order valence-corrected chi connectivity index (χ1v) is 7.34. The van der Waals surface area contributed by atoms with E-state index in [-0.39, 0.29) is 0 Å². The van der Waals surface area contributed by atoms with Crippen LogP contribution in [0.2, 0.25) is 0 Å². The third-order valence-electron chi connectivity index (χ3n) is 3.01. The fraction of sp³-hybridized carbons (Fsp3) is 0.133. The van der Waals surface area contributed by atoms with E-state index in [2.05, 4.69) is 41.4 Å². The van der Waals surface area contributed by atoms with Gasteiger partial charge in [-0.25, -0.2) is 4.98 Å². The van der Waals surface area contributed by atoms with Crippen LogP contribution in [0.1, 0.15) is 11.5 Å². The van der Waals surface area contributed by atoms with Gasteiger partial charge >= 0.3 is 0 Å². The Kier molecular flexibility index (Phi) is 3.96. The van der Waals surface area contributed by atoms with Crippen LogP contribution in [0.15, 0.2) is 47.1 Å². The van der Waals surface area contributed by atoms with Gasteiger partial charge in [0.2, 0.25) is 0 Å². The third kappa shape index (κ3) is 3.28. The highest BCUT2D eigenvalue weighted by Gasteiger charge is 2.08. The van der Waals surface area contributed by atoms with E-state index in [0.717, 1.165) is 27.2 Å². The fourth-order valence-corrected chi connectivity index (χ4v) is 2.23. The molecule has 0 saturated heterocycles. The molecule has 0 amide bonds. The van der Waals surface area contributed by atoms with E-state index in [4.69, 9.17) is 0 Å². The number of H-pyrrole nitrogens is 1. The highest BCUT2D eigenvalue weighted by atomic mass is 79.9. The molecule has 0 fully saturated rings. The average molecular weight is 344 g/mol. The van der Waals surface area contributed by atoms with Gasteiger partial charge in [0.1, 0.15) is 5.82 Å². The lowest BCUT2D eigenvalue weighted by molar-refractivity contribution is 1.03. The monoisotopic (exact) mass is 343 g/mol. The molecule has 0 bridgehead atoms. The Balaban J connectivity index is 1.81. The van der Waals surface area contributed by atoms with Crippen LogP contribution in [-0.2, 0) is 6.54 Å². The predicted molar refractivity (Wildman–Crippen MR) is 85.8 cm³/mol. The normalized spacial score (nSPS) is 10.6. The summed E-state index contributed by atoms with van der Waals surface area (Å²) >= 11 is 3.38. The number of nitrogens with one attached hydrogen (secondary N) is 2. The van der Waals surface area contributed by atoms with Gasteiger partial charge in [-0.15, -0.1) is 0 Å². The lowest BCUT2D eigenvalue weighted by Crippen LogP contribution is -2.02. The molecule has 5 nitrogen and oxygen atoms in total. The van der Waals surface area contributed by atoms with Gasteiger partial charge in [0.15, 0.2) is 5.82 Å². The van der Waals surface area contributed by atoms with Crippen molar-refractivity contribution in [2.45, 2.75) is 13.5 Å². The molecule has 0 aliphatic heterocycles. The van der Waals surface area contributed by atoms with E-state index in [0.29, 0.717) is 12.4 Å². The first kappa shape index (κ1) is 13.8. The lowest BCUT2D eigenvalue weighted by atomic mass is 10.1. The molecule has 6 heteroatoms. The molecule has 2 heterocycles. The van der Waals surface area contributed by atoms with Gasteiger partial charge in [0, 0.05) is 21.9 Å². The van der Waals surface area contributed by atoms with Crippen molar-refractivity contribution in [2.24, 2.45) is 0 Å². The first-order valence-electron chi connectivity index (χ1n) is 6.55. The molecule has 21 heavy (non-hydrogen) atoms. The van der Waals surface area contributed by atoms with E-state index in [9.17, 15) is 0 Å². The Labute approximate surface area is 131 Å². The summed E-state index contributed by atoms with van der Waals surface area (Å²) in [5, 5.41) is 10.5. The number of anilines is 1. The molecule has 106 valence electrons. The van der Waals surface area contributed by atoms with Crippen LogP contribution in [0, 0.1) is 6.92 Å². The second-order valence-electron chi connectivity index (χ2n) is 4.61. The molecule has 3 aromatic rings. The van der Waals surface area contributed by atoms with Crippen molar-refractivity contribution in [1.29, 1.82) is 0 Å². The van der Waals surface area contributed by atoms with Gasteiger partial charge in [-0.05, 0) is 47.1 Å². The van der Waals surface area contributed by atoms with Gasteiger partial charge < -0.3 is 5.32 Å². The third-order valence-corrected chi connectivity index (χ3v) is 3.48. The number of aryl methyl sites for hydroxylation is 1. The highest BCUT2D eigenvalue weighted by molar-refractivity contribution is 9.10. The first-order chi connectivity index (χ1) is 10.2. The number of pyridine rings is 1. The number of aromatic nitrogens is 4. The van der Waals surface area contributed by atoms with Crippen molar-refractivity contribution in [3.05, 3.63) is 58.6 Å². The summed E-state index contributed by atoms with van der Waals surface area (Å²) in [7, 11) is 0. The molecule has 0 spiro atoms. The standard InChI is InChI=1S/C15H14BrN5/c1-10-19-15(21-20-10)13-4-2-3-5-14(13)18-9-12-7-6-11(16)8-17-12/h2-8,18H,9H2,1H3,(H,19,20,21). The van der Waals surface area contributed by atoms with Crippen LogP contribution < -0.4 is 5.32 Å². The van der Waals surface area contributed by atoms with E-state index in [1.165, 1.54) is 0 Å². The summed E-state index contributed by atoms with van der Waals surface area (Å²) in [6, 6.07) is 11.9. The summed E-state index contributed by atoms with van der Waals surface area (Å²) in [5.74, 6) is 1.49. The van der Waals surface area contributed by atoms with E-state index < -0.39 is 0 Å². The van der Waals surface area contributed by atoms with E-state index in [1.54, 1.807) is 6.20 Å². The maximum absolute atomic E-state index is 4.38. The molecule has 0 saturated carbocycles. The number of benzene rings is 1. The molecular formula is C15H14BrN5. The maximum Gasteiger partial charge on any atom is 0.183 e. The summed E-state index contributed by atoms with van der Waals surface area (Å²) in [5.41, 5.74) is 2.93. The topological polar surface area (TPSA) is 66.5 Å². The SMILES string of the molecule is Cc1nc(-c2ccccc2NCc2ccc(Br)cn2)n[nH]1. The number of para-hydroxylation sites is 1. The predicted octanol–water partition coefficient (Wildman–Crippen LogP) is 3.55. The number of hydrogen-bond donors (Lipinski definition) is 2. The quantitative estimate of drug-likeness (QED) is 0.760. The van der Waals surface area contributed by atoms with Crippen LogP contribution in [0.5, 0.6) is 0 Å². The van der Waals surface area contributed by atoms with Crippen LogP contribution in [0.3, 0.4) is 0 Å². The average Bonchev–Trinajstić information content (AvgIpc) is 2.93. The molecule has 0 aliphatic carbocycles. The molecular weight excluding hydrogens is 330 g/mol. The second kappa shape index (κ2) is 6.05. The molecule has 1 aromatic carbocycles. The minimum atomic E-state index is 0.647. The van der Waals surface area contributed by atoms with Crippen LogP contribution >= 0.6 is 15.9 Å². The number of rotatable bonds is 4. The minimum Gasteiger partial charge on any atom is -0.379 e. The molecule has 0 aliphatic rings. The molecule has 0 unspecified atom stereocenters. The molecule has 3 rings (SSSR count).